The van der Waals surface area contributed by atoms with Gasteiger partial charge in [0.15, 0.2) is 0 Å². The van der Waals surface area contributed by atoms with Crippen molar-refractivity contribution in [3.63, 3.8) is 0 Å². The van der Waals surface area contributed by atoms with Gasteiger partial charge in [0.05, 0.1) is 16.4 Å². The predicted molar refractivity (Wildman–Crippen MR) is 74.2 cm³/mol. The molecule has 0 heterocycles. The van der Waals surface area contributed by atoms with Crippen molar-refractivity contribution in [1.82, 2.24) is 0 Å². The molecule has 0 aliphatic heterocycles. The molecule has 0 saturated carbocycles. The molecule has 0 amide bonds. The van der Waals surface area contributed by atoms with Gasteiger partial charge in [-0.3, -0.25) is 0 Å². The van der Waals surface area contributed by atoms with E-state index >= 15 is 0 Å². The molecule has 0 fully saturated rings. The van der Waals surface area contributed by atoms with E-state index < -0.39 is 11.6 Å². The van der Waals surface area contributed by atoms with Crippen LogP contribution in [-0.4, -0.2) is 16.7 Å². The van der Waals surface area contributed by atoms with Crippen molar-refractivity contribution < 1.29 is 9.53 Å². The molecule has 0 aliphatic rings. The second-order valence-electron chi connectivity index (χ2n) is 4.76. The van der Waals surface area contributed by atoms with Gasteiger partial charge in [-0.15, -0.1) is 0 Å². The van der Waals surface area contributed by atoms with Gasteiger partial charge >= 0.3 is 5.97 Å². The van der Waals surface area contributed by atoms with Crippen LogP contribution in [0.15, 0.2) is 23.2 Å². The zero-order valence-electron chi connectivity index (χ0n) is 10.7. The fourth-order valence-electron chi connectivity index (χ4n) is 1.35. The average molecular weight is 264 g/mol. The van der Waals surface area contributed by atoms with E-state index in [0.29, 0.717) is 17.8 Å². The van der Waals surface area contributed by atoms with Crippen LogP contribution >= 0.6 is 12.2 Å². The lowest BCUT2D eigenvalue weighted by atomic mass is 10.1. The number of nitrogens with two attached hydrogens (primary N) is 1. The first kappa shape index (κ1) is 14.5. The molecule has 0 aliphatic carbocycles. The molecule has 18 heavy (non-hydrogen) atoms. The Morgan fingerprint density at radius 2 is 2.17 bits per heavy atom. The fraction of sp³-hybridized carbons (Fsp3) is 0.385. The van der Waals surface area contributed by atoms with Crippen molar-refractivity contribution in [2.75, 3.05) is 0 Å². The Labute approximate surface area is 112 Å². The maximum Gasteiger partial charge on any atom is 0.340 e. The van der Waals surface area contributed by atoms with E-state index in [9.17, 15) is 4.79 Å². The van der Waals surface area contributed by atoms with Gasteiger partial charge in [-0.25, -0.2) is 4.79 Å². The quantitative estimate of drug-likeness (QED) is 0.518. The highest BCUT2D eigenvalue weighted by molar-refractivity contribution is 7.78. The third kappa shape index (κ3) is 4.04. The summed E-state index contributed by atoms with van der Waals surface area (Å²) in [6.45, 7) is 5.76. The van der Waals surface area contributed by atoms with Crippen molar-refractivity contribution in [2.45, 2.75) is 32.9 Å². The summed E-state index contributed by atoms with van der Waals surface area (Å²) in [5.74, 6) is -0.443. The monoisotopic (exact) mass is 264 g/mol. The molecule has 0 spiro atoms. The van der Waals surface area contributed by atoms with Gasteiger partial charge < -0.3 is 10.5 Å². The van der Waals surface area contributed by atoms with Crippen molar-refractivity contribution in [2.24, 2.45) is 10.7 Å². The Bertz CT molecular complexity index is 500. The molecular weight excluding hydrogens is 248 g/mol. The molecule has 1 aromatic rings. The van der Waals surface area contributed by atoms with Crippen LogP contribution in [0.4, 0.5) is 5.69 Å². The number of nitrogens with zero attached hydrogens (tertiary/aromatic N) is 1. The summed E-state index contributed by atoms with van der Waals surface area (Å²) in [6.07, 6.45) is 0. The minimum Gasteiger partial charge on any atom is -0.456 e. The van der Waals surface area contributed by atoms with Crippen LogP contribution in [0.1, 0.15) is 36.7 Å². The third-order valence-electron chi connectivity index (χ3n) is 2.08. The lowest BCUT2D eigenvalue weighted by Crippen LogP contribution is -2.24. The highest BCUT2D eigenvalue weighted by Gasteiger charge is 2.20. The molecule has 0 radical (unpaired) electrons. The summed E-state index contributed by atoms with van der Waals surface area (Å²) >= 11 is 4.56. The number of ether oxygens (including phenoxy) is 1. The minimum absolute atomic E-state index is 0.345. The first-order valence-corrected chi connectivity index (χ1v) is 5.92. The number of aliphatic imine (C=N–C) groups is 1. The minimum atomic E-state index is -0.561. The summed E-state index contributed by atoms with van der Waals surface area (Å²) in [6, 6.07) is 5.14. The third-order valence-corrected chi connectivity index (χ3v) is 2.17. The van der Waals surface area contributed by atoms with E-state index in [1.165, 1.54) is 0 Å². The maximum absolute atomic E-state index is 12.0. The lowest BCUT2D eigenvalue weighted by molar-refractivity contribution is 0.00705. The highest BCUT2D eigenvalue weighted by Crippen LogP contribution is 2.23. The molecule has 0 aromatic heterocycles. The van der Waals surface area contributed by atoms with Gasteiger partial charge in [-0.2, -0.15) is 4.99 Å². The van der Waals surface area contributed by atoms with Crippen molar-refractivity contribution in [3.8, 4) is 0 Å². The summed E-state index contributed by atoms with van der Waals surface area (Å²) in [5, 5.41) is 2.25. The second-order valence-corrected chi connectivity index (χ2v) is 4.94. The Morgan fingerprint density at radius 3 is 2.67 bits per heavy atom. The number of benzene rings is 1. The molecule has 5 heteroatoms. The van der Waals surface area contributed by atoms with Gasteiger partial charge in [-0.1, -0.05) is 6.07 Å². The van der Waals surface area contributed by atoms with Crippen LogP contribution in [0.25, 0.3) is 0 Å². The number of thiocarbonyl (C=S) groups is 1. The molecule has 4 nitrogen and oxygen atoms in total. The summed E-state index contributed by atoms with van der Waals surface area (Å²) in [5.41, 5.74) is 6.62. The standard InChI is InChI=1S/C13H16N2O2S/c1-13(2,3)17-12(16)10-6-9(7-14)4-5-11(10)15-8-18/h4-6H,7,14H2,1-3H3. The molecule has 0 atom stereocenters. The van der Waals surface area contributed by atoms with Crippen LogP contribution in [0.3, 0.4) is 0 Å². The number of hydrogen-bond donors (Lipinski definition) is 1. The Morgan fingerprint density at radius 1 is 1.50 bits per heavy atom. The molecule has 1 aromatic carbocycles. The zero-order valence-corrected chi connectivity index (χ0v) is 11.5. The predicted octanol–water partition coefficient (Wildman–Crippen LogP) is 2.83. The average Bonchev–Trinajstić information content (AvgIpc) is 2.27. The van der Waals surface area contributed by atoms with Crippen molar-refractivity contribution >= 4 is 29.0 Å². The second kappa shape index (κ2) is 5.87. The topological polar surface area (TPSA) is 64.7 Å². The van der Waals surface area contributed by atoms with E-state index in [1.54, 1.807) is 39.0 Å². The van der Waals surface area contributed by atoms with Crippen LogP contribution in [0.2, 0.25) is 0 Å². The van der Waals surface area contributed by atoms with Gasteiger partial charge in [0.25, 0.3) is 0 Å². The molecule has 0 unspecified atom stereocenters. The number of carbonyl (C=O) groups excluding carboxylic acids is 1. The molecule has 2 N–H and O–H groups in total. The normalized spacial score (nSPS) is 10.7. The lowest BCUT2D eigenvalue weighted by Gasteiger charge is -2.20. The number of isothiocyanates is 1. The van der Waals surface area contributed by atoms with E-state index in [1.807, 2.05) is 0 Å². The van der Waals surface area contributed by atoms with E-state index in [4.69, 9.17) is 10.5 Å². The number of hydrogen-bond acceptors (Lipinski definition) is 5. The summed E-state index contributed by atoms with van der Waals surface area (Å²) in [7, 11) is 0. The number of esters is 1. The Balaban J connectivity index is 3.18. The van der Waals surface area contributed by atoms with E-state index in [-0.39, 0.29) is 0 Å². The maximum atomic E-state index is 12.0. The van der Waals surface area contributed by atoms with Gasteiger partial charge in [-0.05, 0) is 50.7 Å². The summed E-state index contributed by atoms with van der Waals surface area (Å²) < 4.78 is 5.31. The Hall–Kier alpha value is -1.55. The first-order chi connectivity index (χ1) is 8.37. The molecule has 96 valence electrons. The van der Waals surface area contributed by atoms with Gasteiger partial charge in [0, 0.05) is 6.54 Å². The van der Waals surface area contributed by atoms with Crippen LogP contribution in [-0.2, 0) is 11.3 Å². The Kier molecular flexibility index (Phi) is 4.73. The first-order valence-electron chi connectivity index (χ1n) is 5.51. The molecule has 0 saturated heterocycles. The van der Waals surface area contributed by atoms with E-state index in [2.05, 4.69) is 22.4 Å². The highest BCUT2D eigenvalue weighted by atomic mass is 32.1. The molecule has 0 bridgehead atoms. The number of carbonyl (C=O) groups is 1. The fourth-order valence-corrected chi connectivity index (χ4v) is 1.45. The van der Waals surface area contributed by atoms with Gasteiger partial charge in [0.2, 0.25) is 0 Å². The SMILES string of the molecule is CC(C)(C)OC(=O)c1cc(CN)ccc1N=C=S. The van der Waals surface area contributed by atoms with Gasteiger partial charge in [0.1, 0.15) is 5.60 Å². The summed E-state index contributed by atoms with van der Waals surface area (Å²) in [4.78, 5) is 15.9. The molecule has 1 rings (SSSR count). The largest absolute Gasteiger partial charge is 0.456 e. The van der Waals surface area contributed by atoms with Crippen LogP contribution in [0.5, 0.6) is 0 Å². The van der Waals surface area contributed by atoms with Crippen molar-refractivity contribution in [3.05, 3.63) is 29.3 Å². The van der Waals surface area contributed by atoms with Crippen molar-refractivity contribution in [1.29, 1.82) is 0 Å². The smallest absolute Gasteiger partial charge is 0.340 e. The zero-order chi connectivity index (χ0) is 13.8. The molecular formula is C13H16N2O2S. The van der Waals surface area contributed by atoms with E-state index in [0.717, 1.165) is 5.56 Å². The number of rotatable bonds is 3. The van der Waals surface area contributed by atoms with Crippen LogP contribution < -0.4 is 5.73 Å². The van der Waals surface area contributed by atoms with Crippen LogP contribution in [0, 0.1) is 0 Å².